The van der Waals surface area contributed by atoms with E-state index < -0.39 is 0 Å². The van der Waals surface area contributed by atoms with Crippen LogP contribution < -0.4 is 20.2 Å². The van der Waals surface area contributed by atoms with Crippen molar-refractivity contribution in [1.82, 2.24) is 5.43 Å². The molecular weight excluding hydrogens is 426 g/mol. The molecule has 2 aromatic carbocycles. The van der Waals surface area contributed by atoms with E-state index in [-0.39, 0.29) is 18.4 Å². The van der Waals surface area contributed by atoms with Crippen LogP contribution >= 0.6 is 11.3 Å². The maximum absolute atomic E-state index is 12.4. The number of hydrogen-bond donors (Lipinski definition) is 2. The quantitative estimate of drug-likeness (QED) is 0.391. The van der Waals surface area contributed by atoms with Crippen molar-refractivity contribution in [2.24, 2.45) is 5.10 Å². The van der Waals surface area contributed by atoms with E-state index in [1.54, 1.807) is 30.3 Å². The lowest BCUT2D eigenvalue weighted by molar-refractivity contribution is -0.118. The first kappa shape index (κ1) is 23.0. The molecule has 0 unspecified atom stereocenters. The van der Waals surface area contributed by atoms with E-state index in [1.807, 2.05) is 38.3 Å². The lowest BCUT2D eigenvalue weighted by Gasteiger charge is -2.14. The number of ether oxygens (including phenoxy) is 2. The van der Waals surface area contributed by atoms with E-state index in [0.717, 1.165) is 22.4 Å². The molecule has 0 radical (unpaired) electrons. The van der Waals surface area contributed by atoms with E-state index in [4.69, 9.17) is 9.47 Å². The average Bonchev–Trinajstić information content (AvgIpc) is 3.30. The third kappa shape index (κ3) is 5.95. The summed E-state index contributed by atoms with van der Waals surface area (Å²) < 4.78 is 11.0. The van der Waals surface area contributed by atoms with E-state index in [2.05, 4.69) is 15.8 Å². The van der Waals surface area contributed by atoms with Crippen molar-refractivity contribution in [2.45, 2.75) is 20.8 Å². The summed E-state index contributed by atoms with van der Waals surface area (Å²) in [5.41, 5.74) is 7.13. The highest BCUT2D eigenvalue weighted by Crippen LogP contribution is 2.28. The summed E-state index contributed by atoms with van der Waals surface area (Å²) in [5.74, 6) is 0.353. The van der Waals surface area contributed by atoms with Crippen molar-refractivity contribution in [3.8, 4) is 11.5 Å². The van der Waals surface area contributed by atoms with Crippen LogP contribution in [0.5, 0.6) is 11.5 Å². The van der Waals surface area contributed by atoms with Gasteiger partial charge in [0.2, 0.25) is 0 Å². The van der Waals surface area contributed by atoms with Gasteiger partial charge in [-0.15, -0.1) is 11.3 Å². The predicted octanol–water partition coefficient (Wildman–Crippen LogP) is 4.46. The molecule has 2 N–H and O–H groups in total. The summed E-state index contributed by atoms with van der Waals surface area (Å²) >= 11 is 1.34. The molecule has 166 valence electrons. The number of anilines is 1. The highest BCUT2D eigenvalue weighted by atomic mass is 32.1. The molecule has 0 fully saturated rings. The zero-order valence-electron chi connectivity index (χ0n) is 18.4. The molecule has 0 aliphatic heterocycles. The molecule has 2 amide bonds. The van der Waals surface area contributed by atoms with Gasteiger partial charge in [-0.1, -0.05) is 23.8 Å². The van der Waals surface area contributed by atoms with Crippen LogP contribution in [-0.2, 0) is 4.79 Å². The molecule has 0 spiro atoms. The van der Waals surface area contributed by atoms with Gasteiger partial charge < -0.3 is 14.8 Å². The number of nitrogens with zero attached hydrogens (tertiary/aromatic N) is 1. The highest BCUT2D eigenvalue weighted by molar-refractivity contribution is 7.12. The Hall–Kier alpha value is -3.65. The molecular formula is C24H25N3O4S. The number of carbonyl (C=O) groups is 2. The number of hydrazone groups is 1. The summed E-state index contributed by atoms with van der Waals surface area (Å²) in [6.07, 6.45) is 1.51. The van der Waals surface area contributed by atoms with E-state index in [9.17, 15) is 9.59 Å². The number of amides is 2. The van der Waals surface area contributed by atoms with Crippen molar-refractivity contribution < 1.29 is 19.1 Å². The maximum atomic E-state index is 12.4. The van der Waals surface area contributed by atoms with Crippen LogP contribution in [-0.4, -0.2) is 31.7 Å². The van der Waals surface area contributed by atoms with Crippen LogP contribution in [0.25, 0.3) is 0 Å². The van der Waals surface area contributed by atoms with Crippen molar-refractivity contribution in [3.63, 3.8) is 0 Å². The third-order valence-electron chi connectivity index (χ3n) is 4.61. The smallest absolute Gasteiger partial charge is 0.281 e. The molecule has 0 aliphatic rings. The molecule has 0 aliphatic carbocycles. The van der Waals surface area contributed by atoms with Crippen LogP contribution in [0.2, 0.25) is 0 Å². The summed E-state index contributed by atoms with van der Waals surface area (Å²) in [6, 6.07) is 12.7. The lowest BCUT2D eigenvalue weighted by atomic mass is 10.1. The van der Waals surface area contributed by atoms with Crippen molar-refractivity contribution >= 4 is 35.1 Å². The minimum Gasteiger partial charge on any atom is -0.493 e. The van der Waals surface area contributed by atoms with Gasteiger partial charge in [-0.25, -0.2) is 5.43 Å². The second kappa shape index (κ2) is 10.6. The molecule has 3 aromatic rings. The number of carbonyl (C=O) groups excluding carboxylic acids is 2. The minimum absolute atomic E-state index is 0.159. The topological polar surface area (TPSA) is 89.0 Å². The summed E-state index contributed by atoms with van der Waals surface area (Å²) in [6.45, 7) is 5.78. The molecule has 0 bridgehead atoms. The Morgan fingerprint density at radius 3 is 2.47 bits per heavy atom. The Balaban J connectivity index is 1.59. The first-order chi connectivity index (χ1) is 15.4. The Morgan fingerprint density at radius 1 is 1.06 bits per heavy atom. The van der Waals surface area contributed by atoms with Gasteiger partial charge in [0.1, 0.15) is 0 Å². The fourth-order valence-corrected chi connectivity index (χ4v) is 3.82. The molecule has 32 heavy (non-hydrogen) atoms. The predicted molar refractivity (Wildman–Crippen MR) is 127 cm³/mol. The van der Waals surface area contributed by atoms with Gasteiger partial charge in [0.15, 0.2) is 18.1 Å². The second-order valence-corrected chi connectivity index (χ2v) is 8.14. The highest BCUT2D eigenvalue weighted by Gasteiger charge is 2.11. The second-order valence-electron chi connectivity index (χ2n) is 7.20. The number of hydrogen-bond acceptors (Lipinski definition) is 6. The maximum Gasteiger partial charge on any atom is 0.281 e. The Morgan fingerprint density at radius 2 is 1.81 bits per heavy atom. The number of methoxy groups -OCH3 is 1. The molecule has 3 rings (SSSR count). The summed E-state index contributed by atoms with van der Waals surface area (Å²) in [4.78, 5) is 24.9. The number of benzene rings is 2. The van der Waals surface area contributed by atoms with Crippen molar-refractivity contribution in [1.29, 1.82) is 0 Å². The Labute approximate surface area is 191 Å². The first-order valence-electron chi connectivity index (χ1n) is 9.93. The van der Waals surface area contributed by atoms with Gasteiger partial charge in [-0.2, -0.15) is 5.10 Å². The monoisotopic (exact) mass is 451 g/mol. The first-order valence-corrected chi connectivity index (χ1v) is 10.8. The Kier molecular flexibility index (Phi) is 7.62. The molecule has 8 heteroatoms. The van der Waals surface area contributed by atoms with Crippen LogP contribution in [0.1, 0.15) is 31.9 Å². The van der Waals surface area contributed by atoms with Gasteiger partial charge in [0.05, 0.1) is 18.2 Å². The van der Waals surface area contributed by atoms with Crippen molar-refractivity contribution in [2.75, 3.05) is 19.0 Å². The fourth-order valence-electron chi connectivity index (χ4n) is 3.21. The molecule has 0 saturated heterocycles. The number of aryl methyl sites for hydroxylation is 3. The van der Waals surface area contributed by atoms with E-state index >= 15 is 0 Å². The Bertz CT molecular complexity index is 1120. The fraction of sp³-hybridized carbons (Fsp3) is 0.208. The number of thiophene rings is 1. The zero-order valence-corrected chi connectivity index (χ0v) is 19.2. The third-order valence-corrected chi connectivity index (χ3v) is 5.48. The molecule has 0 saturated carbocycles. The van der Waals surface area contributed by atoms with Gasteiger partial charge in [0.25, 0.3) is 11.8 Å². The van der Waals surface area contributed by atoms with Crippen LogP contribution in [0.3, 0.4) is 0 Å². The van der Waals surface area contributed by atoms with E-state index in [1.165, 1.54) is 24.7 Å². The zero-order chi connectivity index (χ0) is 23.1. The number of rotatable bonds is 8. The standard InChI is InChI=1S/C24H25N3O4S/c1-15-10-16(2)23(17(3)11-15)26-22(28)14-31-19-8-7-18(12-20(19)30-4)13-25-27-24(29)21-6-5-9-32-21/h5-13H,14H2,1-4H3,(H,26,28)(H,27,29)/b25-13-. The van der Waals surface area contributed by atoms with Gasteiger partial charge in [0, 0.05) is 5.69 Å². The molecule has 1 heterocycles. The molecule has 7 nitrogen and oxygen atoms in total. The van der Waals surface area contributed by atoms with Gasteiger partial charge in [-0.3, -0.25) is 9.59 Å². The lowest BCUT2D eigenvalue weighted by Crippen LogP contribution is -2.21. The van der Waals surface area contributed by atoms with Crippen molar-refractivity contribution in [3.05, 3.63) is 75.0 Å². The minimum atomic E-state index is -0.270. The van der Waals surface area contributed by atoms with Crippen LogP contribution in [0.15, 0.2) is 52.9 Å². The van der Waals surface area contributed by atoms with Crippen LogP contribution in [0.4, 0.5) is 5.69 Å². The SMILES string of the molecule is COc1cc(/C=N\NC(=O)c2cccs2)ccc1OCC(=O)Nc1c(C)cc(C)cc1C. The summed E-state index contributed by atoms with van der Waals surface area (Å²) in [7, 11) is 1.51. The van der Waals surface area contributed by atoms with Gasteiger partial charge >= 0.3 is 0 Å². The van der Waals surface area contributed by atoms with Crippen LogP contribution in [0, 0.1) is 20.8 Å². The average molecular weight is 452 g/mol. The molecule has 0 atom stereocenters. The summed E-state index contributed by atoms with van der Waals surface area (Å²) in [5, 5.41) is 8.70. The molecule has 1 aromatic heterocycles. The normalized spacial score (nSPS) is 10.8. The van der Waals surface area contributed by atoms with E-state index in [0.29, 0.717) is 21.9 Å². The van der Waals surface area contributed by atoms with Gasteiger partial charge in [-0.05, 0) is 67.1 Å². The number of nitrogens with one attached hydrogen (secondary N) is 2. The largest absolute Gasteiger partial charge is 0.493 e.